The van der Waals surface area contributed by atoms with E-state index in [9.17, 15) is 23.4 Å². The number of halogens is 3. The quantitative estimate of drug-likeness (QED) is 0.711. The summed E-state index contributed by atoms with van der Waals surface area (Å²) in [5.41, 5.74) is 1.59. The van der Waals surface area contributed by atoms with Gasteiger partial charge < -0.3 is 25.0 Å². The molecule has 0 amide bonds. The van der Waals surface area contributed by atoms with Crippen molar-refractivity contribution in [2.45, 2.75) is 50.8 Å². The standard InChI is InChI=1S/C19H20F3N3O4/c1-18(27)7-10(8-18)23-17-14-9-28-5-4-12(14)16(24-25-17)13-3-2-11(6-15(13)26)29-19(20,21)22/h2-3,6,10,26-27H,4-5,7-9H2,1H3,(H,23,25). The van der Waals surface area contributed by atoms with Crippen LogP contribution < -0.4 is 10.1 Å². The highest BCUT2D eigenvalue weighted by Crippen LogP contribution is 2.39. The zero-order valence-electron chi connectivity index (χ0n) is 15.6. The first-order valence-corrected chi connectivity index (χ1v) is 9.15. The molecular formula is C19H20F3N3O4. The van der Waals surface area contributed by atoms with Gasteiger partial charge in [0.05, 0.1) is 18.8 Å². The molecule has 3 N–H and O–H groups in total. The highest BCUT2D eigenvalue weighted by molar-refractivity contribution is 5.73. The lowest BCUT2D eigenvalue weighted by atomic mass is 9.77. The molecule has 1 saturated carbocycles. The Balaban J connectivity index is 1.65. The molecule has 156 valence electrons. The summed E-state index contributed by atoms with van der Waals surface area (Å²) in [6.45, 7) is 2.53. The van der Waals surface area contributed by atoms with Crippen LogP contribution >= 0.6 is 0 Å². The summed E-state index contributed by atoms with van der Waals surface area (Å²) >= 11 is 0. The second kappa shape index (κ2) is 7.03. The van der Waals surface area contributed by atoms with Crippen molar-refractivity contribution in [3.63, 3.8) is 0 Å². The number of anilines is 1. The van der Waals surface area contributed by atoms with Gasteiger partial charge in [0, 0.05) is 23.2 Å². The van der Waals surface area contributed by atoms with E-state index in [-0.39, 0.29) is 17.4 Å². The van der Waals surface area contributed by atoms with Crippen LogP contribution in [0.1, 0.15) is 30.9 Å². The zero-order valence-corrected chi connectivity index (χ0v) is 15.6. The predicted octanol–water partition coefficient (Wildman–Crippen LogP) is 3.15. The van der Waals surface area contributed by atoms with Crippen molar-refractivity contribution >= 4 is 5.82 Å². The molecule has 7 nitrogen and oxygen atoms in total. The maximum atomic E-state index is 12.4. The van der Waals surface area contributed by atoms with E-state index in [1.165, 1.54) is 6.07 Å². The molecule has 1 aliphatic carbocycles. The normalized spacial score (nSPS) is 23.8. The molecular weight excluding hydrogens is 391 g/mol. The average Bonchev–Trinajstić information content (AvgIpc) is 2.60. The number of rotatable bonds is 4. The predicted molar refractivity (Wildman–Crippen MR) is 96.4 cm³/mol. The van der Waals surface area contributed by atoms with Gasteiger partial charge in [0.15, 0.2) is 5.82 Å². The molecule has 0 radical (unpaired) electrons. The summed E-state index contributed by atoms with van der Waals surface area (Å²) in [5, 5.41) is 31.9. The van der Waals surface area contributed by atoms with Crippen LogP contribution in [0.4, 0.5) is 19.0 Å². The molecule has 4 rings (SSSR count). The Morgan fingerprint density at radius 2 is 2.00 bits per heavy atom. The van der Waals surface area contributed by atoms with Gasteiger partial charge in [-0.2, -0.15) is 0 Å². The van der Waals surface area contributed by atoms with E-state index < -0.39 is 17.7 Å². The van der Waals surface area contributed by atoms with Crippen LogP contribution in [0.3, 0.4) is 0 Å². The molecule has 1 aliphatic heterocycles. The molecule has 10 heteroatoms. The number of hydrogen-bond acceptors (Lipinski definition) is 7. The lowest BCUT2D eigenvalue weighted by Gasteiger charge is -2.41. The molecule has 0 spiro atoms. The van der Waals surface area contributed by atoms with Crippen molar-refractivity contribution in [1.29, 1.82) is 0 Å². The molecule has 0 atom stereocenters. The van der Waals surface area contributed by atoms with E-state index in [2.05, 4.69) is 20.3 Å². The van der Waals surface area contributed by atoms with Crippen LogP contribution in [0.25, 0.3) is 11.3 Å². The fraction of sp³-hybridized carbons (Fsp3) is 0.474. The molecule has 2 aliphatic rings. The van der Waals surface area contributed by atoms with Gasteiger partial charge in [-0.15, -0.1) is 23.4 Å². The lowest BCUT2D eigenvalue weighted by molar-refractivity contribution is -0.274. The molecule has 0 unspecified atom stereocenters. The third-order valence-corrected chi connectivity index (χ3v) is 5.10. The highest BCUT2D eigenvalue weighted by Gasteiger charge is 2.39. The minimum Gasteiger partial charge on any atom is -0.507 e. The molecule has 1 aromatic heterocycles. The smallest absolute Gasteiger partial charge is 0.507 e. The van der Waals surface area contributed by atoms with Gasteiger partial charge in [-0.3, -0.25) is 0 Å². The van der Waals surface area contributed by atoms with Crippen molar-refractivity contribution in [3.8, 4) is 22.8 Å². The van der Waals surface area contributed by atoms with Gasteiger partial charge in [-0.1, -0.05) is 0 Å². The zero-order chi connectivity index (χ0) is 20.8. The number of nitrogens with one attached hydrogen (secondary N) is 1. The number of phenolic OH excluding ortho intramolecular Hbond substituents is 1. The topological polar surface area (TPSA) is 96.7 Å². The third-order valence-electron chi connectivity index (χ3n) is 5.10. The molecule has 1 fully saturated rings. The van der Waals surface area contributed by atoms with Crippen molar-refractivity contribution in [1.82, 2.24) is 10.2 Å². The number of aliphatic hydroxyl groups is 1. The number of nitrogens with zero attached hydrogens (tertiary/aromatic N) is 2. The van der Waals surface area contributed by atoms with Crippen LogP contribution in [-0.4, -0.2) is 45.0 Å². The van der Waals surface area contributed by atoms with Crippen LogP contribution in [-0.2, 0) is 17.8 Å². The number of ether oxygens (including phenoxy) is 2. The average molecular weight is 411 g/mol. The maximum absolute atomic E-state index is 12.4. The third kappa shape index (κ3) is 4.23. The van der Waals surface area contributed by atoms with E-state index in [1.54, 1.807) is 6.92 Å². The SMILES string of the molecule is CC1(O)CC(Nc2nnc(-c3ccc(OC(F)(F)F)cc3O)c3c2COCC3)C1. The largest absolute Gasteiger partial charge is 0.573 e. The second-order valence-electron chi connectivity index (χ2n) is 7.63. The van der Waals surface area contributed by atoms with E-state index >= 15 is 0 Å². The van der Waals surface area contributed by atoms with Gasteiger partial charge in [0.1, 0.15) is 17.2 Å². The van der Waals surface area contributed by atoms with Crippen LogP contribution in [0.2, 0.25) is 0 Å². The number of aromatic nitrogens is 2. The molecule has 1 aromatic carbocycles. The van der Waals surface area contributed by atoms with E-state index in [4.69, 9.17) is 4.74 Å². The minimum atomic E-state index is -4.84. The van der Waals surface area contributed by atoms with Gasteiger partial charge >= 0.3 is 6.36 Å². The Bertz CT molecular complexity index is 926. The summed E-state index contributed by atoms with van der Waals surface area (Å²) in [7, 11) is 0. The van der Waals surface area contributed by atoms with Crippen molar-refractivity contribution in [2.75, 3.05) is 11.9 Å². The summed E-state index contributed by atoms with van der Waals surface area (Å²) in [5.74, 6) is -0.342. The Kier molecular flexibility index (Phi) is 4.78. The fourth-order valence-electron chi connectivity index (χ4n) is 3.82. The van der Waals surface area contributed by atoms with E-state index in [0.717, 1.165) is 23.3 Å². The van der Waals surface area contributed by atoms with Gasteiger partial charge in [-0.25, -0.2) is 0 Å². The number of fused-ring (bicyclic) bond motifs is 1. The lowest BCUT2D eigenvalue weighted by Crippen LogP contribution is -2.48. The number of aromatic hydroxyl groups is 1. The Morgan fingerprint density at radius 1 is 1.24 bits per heavy atom. The van der Waals surface area contributed by atoms with Crippen molar-refractivity contribution < 1.29 is 32.9 Å². The number of phenols is 1. The first kappa shape index (κ1) is 19.7. The molecule has 2 aromatic rings. The molecule has 0 saturated heterocycles. The Hall–Kier alpha value is -2.59. The maximum Gasteiger partial charge on any atom is 0.573 e. The van der Waals surface area contributed by atoms with E-state index in [1.807, 2.05) is 0 Å². The first-order chi connectivity index (χ1) is 13.6. The van der Waals surface area contributed by atoms with Crippen LogP contribution in [0.5, 0.6) is 11.5 Å². The fourth-order valence-corrected chi connectivity index (χ4v) is 3.82. The van der Waals surface area contributed by atoms with Gasteiger partial charge in [-0.05, 0) is 43.9 Å². The summed E-state index contributed by atoms with van der Waals surface area (Å²) < 4.78 is 46.5. The summed E-state index contributed by atoms with van der Waals surface area (Å²) in [6, 6.07) is 3.42. The Morgan fingerprint density at radius 3 is 2.66 bits per heavy atom. The number of benzene rings is 1. The summed E-state index contributed by atoms with van der Waals surface area (Å²) in [4.78, 5) is 0. The van der Waals surface area contributed by atoms with E-state index in [0.29, 0.717) is 44.0 Å². The van der Waals surface area contributed by atoms with Crippen molar-refractivity contribution in [2.24, 2.45) is 0 Å². The monoisotopic (exact) mass is 411 g/mol. The second-order valence-corrected chi connectivity index (χ2v) is 7.63. The van der Waals surface area contributed by atoms with Crippen LogP contribution in [0, 0.1) is 0 Å². The summed E-state index contributed by atoms with van der Waals surface area (Å²) in [6.07, 6.45) is -3.14. The highest BCUT2D eigenvalue weighted by atomic mass is 19.4. The Labute approximate surface area is 164 Å². The first-order valence-electron chi connectivity index (χ1n) is 9.15. The van der Waals surface area contributed by atoms with Gasteiger partial charge in [0.2, 0.25) is 0 Å². The molecule has 29 heavy (non-hydrogen) atoms. The van der Waals surface area contributed by atoms with Crippen molar-refractivity contribution in [3.05, 3.63) is 29.3 Å². The minimum absolute atomic E-state index is 0.0726. The van der Waals surface area contributed by atoms with Gasteiger partial charge in [0.25, 0.3) is 0 Å². The van der Waals surface area contributed by atoms with Crippen LogP contribution in [0.15, 0.2) is 18.2 Å². The number of alkyl halides is 3. The number of hydrogen-bond donors (Lipinski definition) is 3. The molecule has 0 bridgehead atoms. The molecule has 2 heterocycles.